The van der Waals surface area contributed by atoms with E-state index in [1.54, 1.807) is 0 Å². The summed E-state index contributed by atoms with van der Waals surface area (Å²) in [5.74, 6) is 0.194. The van der Waals surface area contributed by atoms with Crippen LogP contribution in [0.2, 0.25) is 0 Å². The molecule has 0 saturated heterocycles. The largest absolute Gasteiger partial charge is 0.481 e. The van der Waals surface area contributed by atoms with Crippen molar-refractivity contribution in [3.05, 3.63) is 0 Å². The van der Waals surface area contributed by atoms with Crippen LogP contribution in [0.4, 0.5) is 0 Å². The third-order valence-corrected chi connectivity index (χ3v) is 6.99. The average Bonchev–Trinajstić information content (AvgIpc) is 2.74. The molecule has 3 saturated carbocycles. The Morgan fingerprint density at radius 3 is 1.44 bits per heavy atom. The van der Waals surface area contributed by atoms with E-state index in [2.05, 4.69) is 20.8 Å². The Balaban J connectivity index is 0.000000480. The van der Waals surface area contributed by atoms with Gasteiger partial charge in [0.05, 0.1) is 25.0 Å². The first-order valence-electron chi connectivity index (χ1n) is 12.5. The smallest absolute Gasteiger partial charge is 0.306 e. The number of hydrogen-bond donors (Lipinski definition) is 3. The maximum Gasteiger partial charge on any atom is 0.306 e. The molecule has 0 aromatic rings. The normalized spacial score (nSPS) is 32.0. The zero-order valence-corrected chi connectivity index (χ0v) is 19.9. The zero-order chi connectivity index (χ0) is 23.2. The Morgan fingerprint density at radius 1 is 0.688 bits per heavy atom. The molecular formula is C26H50O6. The molecule has 0 aromatic heterocycles. The van der Waals surface area contributed by atoms with Crippen molar-refractivity contribution in [2.45, 2.75) is 136 Å². The van der Waals surface area contributed by atoms with E-state index in [1.807, 2.05) is 0 Å². The van der Waals surface area contributed by atoms with E-state index in [9.17, 15) is 19.8 Å². The minimum absolute atomic E-state index is 0. The molecule has 0 aromatic carbocycles. The van der Waals surface area contributed by atoms with Crippen LogP contribution in [0, 0.1) is 17.8 Å². The summed E-state index contributed by atoms with van der Waals surface area (Å²) in [6, 6.07) is 0. The molecule has 6 atom stereocenters. The molecular weight excluding hydrogens is 408 g/mol. The first kappa shape index (κ1) is 30.9. The summed E-state index contributed by atoms with van der Waals surface area (Å²) in [6.07, 6.45) is 13.8. The third-order valence-electron chi connectivity index (χ3n) is 6.99. The highest BCUT2D eigenvalue weighted by Gasteiger charge is 2.24. The van der Waals surface area contributed by atoms with Crippen LogP contribution >= 0.6 is 0 Å². The van der Waals surface area contributed by atoms with Gasteiger partial charge in [0.25, 0.3) is 0 Å². The van der Waals surface area contributed by atoms with Crippen molar-refractivity contribution in [3.63, 3.8) is 0 Å². The minimum atomic E-state index is -0.955. The summed E-state index contributed by atoms with van der Waals surface area (Å²) in [7, 11) is 0. The number of esters is 1. The summed E-state index contributed by atoms with van der Waals surface area (Å²) in [5, 5.41) is 26.8. The van der Waals surface area contributed by atoms with Gasteiger partial charge in [0.15, 0.2) is 0 Å². The second-order valence-electron chi connectivity index (χ2n) is 9.84. The maximum atomic E-state index is 11.3. The third kappa shape index (κ3) is 13.4. The fourth-order valence-corrected chi connectivity index (χ4v) is 4.49. The molecule has 0 spiro atoms. The Kier molecular flexibility index (Phi) is 16.7. The van der Waals surface area contributed by atoms with Crippen LogP contribution in [0.3, 0.4) is 0 Å². The Hall–Kier alpha value is -1.14. The van der Waals surface area contributed by atoms with Crippen molar-refractivity contribution < 1.29 is 29.6 Å². The van der Waals surface area contributed by atoms with Gasteiger partial charge < -0.3 is 20.1 Å². The number of aliphatic hydroxyl groups excluding tert-OH is 2. The number of carboxylic acid groups (broad SMARTS) is 1. The van der Waals surface area contributed by atoms with E-state index in [0.717, 1.165) is 32.1 Å². The lowest BCUT2D eigenvalue weighted by Crippen LogP contribution is -2.28. The van der Waals surface area contributed by atoms with Crippen molar-refractivity contribution in [1.82, 2.24) is 0 Å². The first-order valence-corrected chi connectivity index (χ1v) is 12.5. The monoisotopic (exact) mass is 458 g/mol. The van der Waals surface area contributed by atoms with E-state index in [4.69, 9.17) is 9.84 Å². The molecule has 2 unspecified atom stereocenters. The molecule has 3 aliphatic rings. The first-order chi connectivity index (χ1) is 14.7. The fraction of sp³-hybridized carbons (Fsp3) is 0.923. The highest BCUT2D eigenvalue weighted by molar-refractivity contribution is 5.76. The molecule has 32 heavy (non-hydrogen) atoms. The van der Waals surface area contributed by atoms with Gasteiger partial charge in [-0.2, -0.15) is 0 Å². The summed E-state index contributed by atoms with van der Waals surface area (Å²) in [6.45, 7) is 6.34. The highest BCUT2D eigenvalue weighted by atomic mass is 16.5. The topological polar surface area (TPSA) is 104 Å². The molecule has 6 heteroatoms. The number of carbonyl (C=O) groups excluding carboxylic acids is 1. The highest BCUT2D eigenvalue weighted by Crippen LogP contribution is 2.27. The van der Waals surface area contributed by atoms with E-state index in [-0.39, 0.29) is 44.5 Å². The van der Waals surface area contributed by atoms with Gasteiger partial charge in [-0.25, -0.2) is 0 Å². The SMILES string of the molecule is C.CC1CCCCC1O.C[C@@H]1CCCC[C@H]1OC(=O)CCC(=O)O.C[C@H]1CCCC[C@@H]1O. The number of carbonyl (C=O) groups is 2. The van der Waals surface area contributed by atoms with Crippen LogP contribution in [0.1, 0.15) is 118 Å². The van der Waals surface area contributed by atoms with Crippen LogP contribution in [0.25, 0.3) is 0 Å². The van der Waals surface area contributed by atoms with E-state index in [0.29, 0.717) is 17.8 Å². The Bertz CT molecular complexity index is 469. The number of ether oxygens (including phenoxy) is 1. The van der Waals surface area contributed by atoms with Crippen molar-refractivity contribution in [1.29, 1.82) is 0 Å². The van der Waals surface area contributed by atoms with Gasteiger partial charge in [0, 0.05) is 0 Å². The van der Waals surface area contributed by atoms with Gasteiger partial charge in [-0.15, -0.1) is 0 Å². The molecule has 0 heterocycles. The molecule has 0 radical (unpaired) electrons. The number of aliphatic carboxylic acids is 1. The second kappa shape index (κ2) is 17.4. The lowest BCUT2D eigenvalue weighted by atomic mass is 9.88. The molecule has 0 amide bonds. The predicted octanol–water partition coefficient (Wildman–Crippen LogP) is 5.72. The number of hydrogen-bond acceptors (Lipinski definition) is 5. The van der Waals surface area contributed by atoms with Gasteiger partial charge in [0.1, 0.15) is 6.10 Å². The quantitative estimate of drug-likeness (QED) is 0.465. The minimum Gasteiger partial charge on any atom is -0.481 e. The lowest BCUT2D eigenvalue weighted by molar-refractivity contribution is -0.155. The van der Waals surface area contributed by atoms with Crippen molar-refractivity contribution >= 4 is 11.9 Å². The number of aliphatic hydroxyl groups is 2. The van der Waals surface area contributed by atoms with Crippen molar-refractivity contribution in [3.8, 4) is 0 Å². The zero-order valence-electron chi connectivity index (χ0n) is 19.9. The summed E-state index contributed by atoms with van der Waals surface area (Å²) in [4.78, 5) is 21.5. The Labute approximate surface area is 196 Å². The molecule has 3 N–H and O–H groups in total. The molecule has 190 valence electrons. The molecule has 3 aliphatic carbocycles. The standard InChI is InChI=1S/C11H18O4.2C7H14O.CH4/c1-8-4-2-3-5-9(8)15-11(14)7-6-10(12)13;2*1-6-4-2-3-5-7(6)8;/h8-9H,2-7H2,1H3,(H,12,13);2*6-8H,2-5H2,1H3;1H4/t8-,9-;6-,7-;;/m10../s1. The number of carboxylic acids is 1. The maximum absolute atomic E-state index is 11.3. The van der Waals surface area contributed by atoms with Crippen molar-refractivity contribution in [2.24, 2.45) is 17.8 Å². The van der Waals surface area contributed by atoms with Gasteiger partial charge in [-0.05, 0) is 62.7 Å². The summed E-state index contributed by atoms with van der Waals surface area (Å²) in [5.41, 5.74) is 0. The molecule has 3 fully saturated rings. The van der Waals surface area contributed by atoms with Gasteiger partial charge in [-0.1, -0.05) is 60.3 Å². The molecule has 6 nitrogen and oxygen atoms in total. The van der Waals surface area contributed by atoms with Gasteiger partial charge in [-0.3, -0.25) is 9.59 Å². The second-order valence-corrected chi connectivity index (χ2v) is 9.84. The average molecular weight is 459 g/mol. The number of rotatable bonds is 4. The summed E-state index contributed by atoms with van der Waals surface area (Å²) >= 11 is 0. The van der Waals surface area contributed by atoms with Crippen LogP contribution < -0.4 is 0 Å². The van der Waals surface area contributed by atoms with Crippen LogP contribution in [-0.4, -0.2) is 45.6 Å². The Morgan fingerprint density at radius 2 is 1.09 bits per heavy atom. The lowest BCUT2D eigenvalue weighted by Gasteiger charge is -2.28. The fourth-order valence-electron chi connectivity index (χ4n) is 4.49. The van der Waals surface area contributed by atoms with Gasteiger partial charge >= 0.3 is 11.9 Å². The van der Waals surface area contributed by atoms with Crippen LogP contribution in [-0.2, 0) is 14.3 Å². The predicted molar refractivity (Wildman–Crippen MR) is 128 cm³/mol. The molecule has 0 aliphatic heterocycles. The molecule has 0 bridgehead atoms. The summed E-state index contributed by atoms with van der Waals surface area (Å²) < 4.78 is 5.25. The van der Waals surface area contributed by atoms with E-state index < -0.39 is 5.97 Å². The van der Waals surface area contributed by atoms with Gasteiger partial charge in [0.2, 0.25) is 0 Å². The molecule has 3 rings (SSSR count). The van der Waals surface area contributed by atoms with Crippen LogP contribution in [0.5, 0.6) is 0 Å². The van der Waals surface area contributed by atoms with E-state index in [1.165, 1.54) is 44.9 Å². The van der Waals surface area contributed by atoms with Crippen LogP contribution in [0.15, 0.2) is 0 Å². The van der Waals surface area contributed by atoms with Crippen molar-refractivity contribution in [2.75, 3.05) is 0 Å². The van der Waals surface area contributed by atoms with E-state index >= 15 is 0 Å².